The van der Waals surface area contributed by atoms with Crippen molar-refractivity contribution in [1.82, 2.24) is 15.0 Å². The van der Waals surface area contributed by atoms with Crippen LogP contribution in [0.25, 0.3) is 11.3 Å². The molecule has 5 rings (SSSR count). The molecule has 1 aromatic carbocycles. The van der Waals surface area contributed by atoms with Crippen LogP contribution in [0.2, 0.25) is 0 Å². The molecule has 0 aliphatic carbocycles. The minimum atomic E-state index is -0.799. The van der Waals surface area contributed by atoms with Crippen LogP contribution in [0.4, 0.5) is 22.1 Å². The van der Waals surface area contributed by atoms with Gasteiger partial charge in [0.1, 0.15) is 23.5 Å². The quantitative estimate of drug-likeness (QED) is 0.436. The van der Waals surface area contributed by atoms with Crippen molar-refractivity contribution in [3.8, 4) is 23.2 Å². The lowest BCUT2D eigenvalue weighted by Crippen LogP contribution is -2.40. The van der Waals surface area contributed by atoms with Crippen molar-refractivity contribution in [2.75, 3.05) is 36.6 Å². The van der Waals surface area contributed by atoms with Gasteiger partial charge in [0.05, 0.1) is 30.2 Å². The van der Waals surface area contributed by atoms with E-state index < -0.39 is 17.1 Å². The van der Waals surface area contributed by atoms with Gasteiger partial charge < -0.3 is 24.6 Å². The van der Waals surface area contributed by atoms with Crippen LogP contribution < -0.4 is 15.0 Å². The van der Waals surface area contributed by atoms with Crippen LogP contribution in [-0.4, -0.2) is 64.2 Å². The van der Waals surface area contributed by atoms with Gasteiger partial charge in [-0.2, -0.15) is 5.26 Å². The number of rotatable bonds is 6. The predicted octanol–water partition coefficient (Wildman–Crippen LogP) is 4.72. The molecule has 2 N–H and O–H groups in total. The first-order chi connectivity index (χ1) is 19.6. The van der Waals surface area contributed by atoms with Crippen molar-refractivity contribution >= 4 is 23.4 Å². The van der Waals surface area contributed by atoms with E-state index >= 15 is 0 Å². The van der Waals surface area contributed by atoms with Gasteiger partial charge >= 0.3 is 6.09 Å². The number of fused-ring (bicyclic) bond motifs is 1. The highest BCUT2D eigenvalue weighted by Gasteiger charge is 2.44. The third-order valence-electron chi connectivity index (χ3n) is 6.99. The minimum absolute atomic E-state index is 0.0802. The maximum Gasteiger partial charge on any atom is 0.414 e. The molecule has 41 heavy (non-hydrogen) atoms. The maximum absolute atomic E-state index is 13.1. The lowest BCUT2D eigenvalue weighted by atomic mass is 9.83. The first-order valence-corrected chi connectivity index (χ1v) is 13.6. The van der Waals surface area contributed by atoms with Gasteiger partial charge in [0.15, 0.2) is 0 Å². The standard InChI is InChI=1S/C30H34N6O5/c1-29(2,3)41-28(38)36-17-30(4,18-37)22-14-19(13-20(15-31)25(22)36)23-9-11-33-27(34-23)35-24-8-5-10-32-26(24)40-21-7-6-12-39-16-21/h5,8-11,13-14,21,37H,6-7,12,16-18H2,1-4H3,(H,33,34,35)/t21-,30+/m0/s1. The van der Waals surface area contributed by atoms with E-state index in [4.69, 9.17) is 19.2 Å². The number of aliphatic hydroxyl groups is 1. The van der Waals surface area contributed by atoms with Gasteiger partial charge in [0.2, 0.25) is 11.8 Å². The number of aliphatic hydroxyl groups excluding tert-OH is 1. The molecule has 2 atom stereocenters. The number of aromatic nitrogens is 3. The Hall–Kier alpha value is -4.27. The molecule has 214 valence electrons. The molecule has 2 aromatic heterocycles. The van der Waals surface area contributed by atoms with Crippen molar-refractivity contribution in [1.29, 1.82) is 5.26 Å². The van der Waals surface area contributed by atoms with E-state index in [0.717, 1.165) is 19.4 Å². The average Bonchev–Trinajstić information content (AvgIpc) is 3.27. The second-order valence-electron chi connectivity index (χ2n) is 11.5. The van der Waals surface area contributed by atoms with Gasteiger partial charge in [-0.3, -0.25) is 4.90 Å². The van der Waals surface area contributed by atoms with Crippen LogP contribution in [0.5, 0.6) is 5.88 Å². The zero-order valence-corrected chi connectivity index (χ0v) is 23.7. The molecule has 11 heteroatoms. The van der Waals surface area contributed by atoms with Crippen LogP contribution >= 0.6 is 0 Å². The van der Waals surface area contributed by atoms with Gasteiger partial charge in [-0.05, 0) is 69.5 Å². The second kappa shape index (κ2) is 11.3. The molecule has 3 aromatic rings. The lowest BCUT2D eigenvalue weighted by molar-refractivity contribution is 0.00585. The smallest absolute Gasteiger partial charge is 0.414 e. The molecule has 1 fully saturated rings. The van der Waals surface area contributed by atoms with Crippen LogP contribution in [0.15, 0.2) is 42.7 Å². The number of nitrogens with zero attached hydrogens (tertiary/aromatic N) is 5. The number of benzene rings is 1. The third kappa shape index (κ3) is 6.09. The summed E-state index contributed by atoms with van der Waals surface area (Å²) in [6, 6.07) is 11.1. The van der Waals surface area contributed by atoms with E-state index in [9.17, 15) is 15.2 Å². The zero-order chi connectivity index (χ0) is 29.2. The number of amides is 1. The number of hydrogen-bond acceptors (Lipinski definition) is 10. The monoisotopic (exact) mass is 558 g/mol. The molecule has 11 nitrogen and oxygen atoms in total. The minimum Gasteiger partial charge on any atom is -0.470 e. The summed E-state index contributed by atoms with van der Waals surface area (Å²) in [5.74, 6) is 0.752. The largest absolute Gasteiger partial charge is 0.470 e. The van der Waals surface area contributed by atoms with E-state index in [-0.39, 0.29) is 24.8 Å². The number of carbonyl (C=O) groups is 1. The Bertz CT molecular complexity index is 1480. The molecule has 0 unspecified atom stereocenters. The van der Waals surface area contributed by atoms with Crippen molar-refractivity contribution in [3.63, 3.8) is 0 Å². The van der Waals surface area contributed by atoms with Gasteiger partial charge in [-0.25, -0.2) is 19.7 Å². The first-order valence-electron chi connectivity index (χ1n) is 13.6. The number of nitrogens with one attached hydrogen (secondary N) is 1. The highest BCUT2D eigenvalue weighted by molar-refractivity contribution is 5.95. The fraction of sp³-hybridized carbons (Fsp3) is 0.433. The van der Waals surface area contributed by atoms with Crippen LogP contribution in [-0.2, 0) is 14.9 Å². The normalized spacial score (nSPS) is 20.2. The predicted molar refractivity (Wildman–Crippen MR) is 152 cm³/mol. The van der Waals surface area contributed by atoms with E-state index in [1.54, 1.807) is 51.4 Å². The van der Waals surface area contributed by atoms with Crippen molar-refractivity contribution in [2.24, 2.45) is 0 Å². The van der Waals surface area contributed by atoms with Crippen molar-refractivity contribution in [2.45, 2.75) is 57.7 Å². The van der Waals surface area contributed by atoms with Crippen LogP contribution in [0.1, 0.15) is 51.7 Å². The Morgan fingerprint density at radius 2 is 2.12 bits per heavy atom. The summed E-state index contributed by atoms with van der Waals surface area (Å²) >= 11 is 0. The number of nitriles is 1. The summed E-state index contributed by atoms with van der Waals surface area (Å²) in [6.07, 6.45) is 4.45. The summed E-state index contributed by atoms with van der Waals surface area (Å²) in [4.78, 5) is 28.0. The number of anilines is 3. The molecule has 0 saturated carbocycles. The third-order valence-corrected chi connectivity index (χ3v) is 6.99. The Labute approximate surface area is 239 Å². The van der Waals surface area contributed by atoms with Gasteiger partial charge in [0.25, 0.3) is 0 Å². The summed E-state index contributed by atoms with van der Waals surface area (Å²) in [5, 5.41) is 23.7. The fourth-order valence-corrected chi connectivity index (χ4v) is 4.98. The molecule has 4 heterocycles. The number of ether oxygens (including phenoxy) is 3. The van der Waals surface area contributed by atoms with Gasteiger partial charge in [-0.1, -0.05) is 6.92 Å². The summed E-state index contributed by atoms with van der Waals surface area (Å²) in [6.45, 7) is 8.42. The van der Waals surface area contributed by atoms with Crippen molar-refractivity contribution in [3.05, 3.63) is 53.9 Å². The Balaban J connectivity index is 1.47. The highest BCUT2D eigenvalue weighted by atomic mass is 16.6. The Morgan fingerprint density at radius 1 is 1.29 bits per heavy atom. The molecular formula is C30H34N6O5. The lowest BCUT2D eigenvalue weighted by Gasteiger charge is -2.26. The molecule has 0 spiro atoms. The molecule has 0 radical (unpaired) electrons. The molecular weight excluding hydrogens is 524 g/mol. The zero-order valence-electron chi connectivity index (χ0n) is 23.7. The number of carbonyl (C=O) groups excluding carboxylic acids is 1. The van der Waals surface area contributed by atoms with Gasteiger partial charge in [-0.15, -0.1) is 0 Å². The van der Waals surface area contributed by atoms with Gasteiger partial charge in [0, 0.05) is 36.5 Å². The molecule has 2 aliphatic heterocycles. The summed E-state index contributed by atoms with van der Waals surface area (Å²) < 4.78 is 17.2. The Morgan fingerprint density at radius 3 is 2.83 bits per heavy atom. The molecule has 1 amide bonds. The summed E-state index contributed by atoms with van der Waals surface area (Å²) in [5.41, 5.74) is 1.71. The fourth-order valence-electron chi connectivity index (χ4n) is 4.98. The molecule has 2 aliphatic rings. The molecule has 0 bridgehead atoms. The number of hydrogen-bond donors (Lipinski definition) is 2. The van der Waals surface area contributed by atoms with Crippen LogP contribution in [0.3, 0.4) is 0 Å². The van der Waals surface area contributed by atoms with Crippen molar-refractivity contribution < 1.29 is 24.1 Å². The average molecular weight is 559 g/mol. The van der Waals surface area contributed by atoms with E-state index in [0.29, 0.717) is 46.6 Å². The van der Waals surface area contributed by atoms with E-state index in [2.05, 4.69) is 21.4 Å². The first kappa shape index (κ1) is 28.3. The maximum atomic E-state index is 13.1. The SMILES string of the molecule is CC(C)(C)OC(=O)N1C[C@](C)(CO)c2cc(-c3ccnc(Nc4cccnc4O[C@H]4CCCOC4)n3)cc(C#N)c21. The second-order valence-corrected chi connectivity index (χ2v) is 11.5. The van der Waals surface area contributed by atoms with E-state index in [1.807, 2.05) is 19.1 Å². The summed E-state index contributed by atoms with van der Waals surface area (Å²) in [7, 11) is 0. The van der Waals surface area contributed by atoms with E-state index in [1.165, 1.54) is 4.90 Å². The van der Waals surface area contributed by atoms with Crippen LogP contribution in [0, 0.1) is 11.3 Å². The highest BCUT2D eigenvalue weighted by Crippen LogP contribution is 2.45. The number of pyridine rings is 1. The topological polar surface area (TPSA) is 143 Å². The molecule has 1 saturated heterocycles. The Kier molecular flexibility index (Phi) is 7.80.